The second-order valence-electron chi connectivity index (χ2n) is 3.73. The van der Waals surface area contributed by atoms with Gasteiger partial charge in [0.15, 0.2) is 6.04 Å². The molecule has 18 heavy (non-hydrogen) atoms. The van der Waals surface area contributed by atoms with Crippen LogP contribution in [0, 0.1) is 6.92 Å². The van der Waals surface area contributed by atoms with E-state index in [0.717, 1.165) is 0 Å². The first-order chi connectivity index (χ1) is 8.49. The molecule has 1 amide bonds. The number of rotatable bonds is 4. The van der Waals surface area contributed by atoms with Gasteiger partial charge in [-0.3, -0.25) is 4.79 Å². The zero-order valence-electron chi connectivity index (χ0n) is 10.1. The van der Waals surface area contributed by atoms with E-state index in [1.807, 2.05) is 0 Å². The van der Waals surface area contributed by atoms with Crippen LogP contribution in [0.4, 0.5) is 0 Å². The van der Waals surface area contributed by atoms with Gasteiger partial charge in [0.05, 0.1) is 13.7 Å². The second-order valence-corrected chi connectivity index (χ2v) is 3.73. The van der Waals surface area contributed by atoms with E-state index in [1.165, 1.54) is 25.3 Å². The van der Waals surface area contributed by atoms with Crippen molar-refractivity contribution in [1.82, 2.24) is 5.32 Å². The van der Waals surface area contributed by atoms with Gasteiger partial charge < -0.3 is 20.3 Å². The quantitative estimate of drug-likeness (QED) is 0.654. The summed E-state index contributed by atoms with van der Waals surface area (Å²) in [5, 5.41) is 20.6. The molecule has 0 radical (unpaired) electrons. The lowest BCUT2D eigenvalue weighted by atomic mass is 10.1. The number of ether oxygens (including phenoxy) is 1. The number of benzene rings is 1. The highest BCUT2D eigenvalue weighted by atomic mass is 16.5. The lowest BCUT2D eigenvalue weighted by Gasteiger charge is -2.14. The fraction of sp³-hybridized carbons (Fsp3) is 0.333. The van der Waals surface area contributed by atoms with Gasteiger partial charge in [-0.1, -0.05) is 0 Å². The molecule has 0 spiro atoms. The fourth-order valence-corrected chi connectivity index (χ4v) is 1.46. The van der Waals surface area contributed by atoms with E-state index in [1.54, 1.807) is 6.92 Å². The van der Waals surface area contributed by atoms with E-state index in [0.29, 0.717) is 11.1 Å². The number of methoxy groups -OCH3 is 1. The van der Waals surface area contributed by atoms with Gasteiger partial charge in [0.1, 0.15) is 5.75 Å². The largest absolute Gasteiger partial charge is 0.508 e. The van der Waals surface area contributed by atoms with Crippen LogP contribution < -0.4 is 5.32 Å². The van der Waals surface area contributed by atoms with Crippen molar-refractivity contribution in [3.05, 3.63) is 29.3 Å². The van der Waals surface area contributed by atoms with Crippen molar-refractivity contribution in [2.75, 3.05) is 13.7 Å². The van der Waals surface area contributed by atoms with Crippen LogP contribution in [0.15, 0.2) is 18.2 Å². The Morgan fingerprint density at radius 1 is 1.44 bits per heavy atom. The molecule has 0 aliphatic rings. The maximum atomic E-state index is 11.9. The molecule has 0 aliphatic carbocycles. The summed E-state index contributed by atoms with van der Waals surface area (Å²) in [6, 6.07) is 3.14. The van der Waals surface area contributed by atoms with E-state index in [9.17, 15) is 14.7 Å². The van der Waals surface area contributed by atoms with E-state index in [2.05, 4.69) is 10.1 Å². The van der Waals surface area contributed by atoms with Crippen molar-refractivity contribution in [3.63, 3.8) is 0 Å². The van der Waals surface area contributed by atoms with Crippen LogP contribution in [0.5, 0.6) is 5.75 Å². The van der Waals surface area contributed by atoms with Gasteiger partial charge in [0.25, 0.3) is 5.91 Å². The number of hydrogen-bond donors (Lipinski definition) is 3. The van der Waals surface area contributed by atoms with E-state index >= 15 is 0 Å². The fourth-order valence-electron chi connectivity index (χ4n) is 1.46. The molecule has 0 bridgehead atoms. The molecule has 0 saturated carbocycles. The number of phenols is 1. The first-order valence-corrected chi connectivity index (χ1v) is 5.28. The molecule has 1 aromatic rings. The molecule has 0 fully saturated rings. The minimum atomic E-state index is -1.10. The zero-order chi connectivity index (χ0) is 13.7. The Balaban J connectivity index is 2.84. The molecule has 1 atom stereocenters. The number of aliphatic hydroxyl groups excluding tert-OH is 1. The standard InChI is InChI=1S/C12H15NO5/c1-7-5-8(15)3-4-9(7)11(16)13-10(6-14)12(17)18-2/h3-5,10,14-15H,6H2,1-2H3,(H,13,16). The van der Waals surface area contributed by atoms with Crippen molar-refractivity contribution < 1.29 is 24.5 Å². The maximum absolute atomic E-state index is 11.9. The highest BCUT2D eigenvalue weighted by molar-refractivity contribution is 5.98. The number of aromatic hydroxyl groups is 1. The van der Waals surface area contributed by atoms with Crippen LogP contribution in [0.3, 0.4) is 0 Å². The summed E-state index contributed by atoms with van der Waals surface area (Å²) < 4.78 is 4.44. The zero-order valence-corrected chi connectivity index (χ0v) is 10.1. The Hall–Kier alpha value is -2.08. The maximum Gasteiger partial charge on any atom is 0.330 e. The third-order valence-electron chi connectivity index (χ3n) is 2.43. The molecular formula is C12H15NO5. The Bertz CT molecular complexity index is 458. The number of carbonyl (C=O) groups excluding carboxylic acids is 2. The number of amides is 1. The number of phenolic OH excluding ortho intramolecular Hbond substituents is 1. The molecule has 3 N–H and O–H groups in total. The summed E-state index contributed by atoms with van der Waals surface area (Å²) in [5.41, 5.74) is 0.879. The first-order valence-electron chi connectivity index (χ1n) is 5.28. The van der Waals surface area contributed by atoms with Gasteiger partial charge >= 0.3 is 5.97 Å². The average molecular weight is 253 g/mol. The van der Waals surface area contributed by atoms with E-state index in [4.69, 9.17) is 5.11 Å². The van der Waals surface area contributed by atoms with Crippen molar-refractivity contribution in [2.45, 2.75) is 13.0 Å². The predicted octanol–water partition coefficient (Wildman–Crippen LogP) is -0.0357. The Morgan fingerprint density at radius 3 is 2.61 bits per heavy atom. The van der Waals surface area contributed by atoms with E-state index in [-0.39, 0.29) is 5.75 Å². The molecule has 1 rings (SSSR count). The lowest BCUT2D eigenvalue weighted by Crippen LogP contribution is -2.44. The number of carbonyl (C=O) groups is 2. The van der Waals surface area contributed by atoms with Crippen LogP contribution in [-0.2, 0) is 9.53 Å². The summed E-state index contributed by atoms with van der Waals surface area (Å²) in [4.78, 5) is 23.1. The van der Waals surface area contributed by atoms with Gasteiger partial charge in [0, 0.05) is 5.56 Å². The smallest absolute Gasteiger partial charge is 0.330 e. The topological polar surface area (TPSA) is 95.9 Å². The molecule has 0 heterocycles. The summed E-state index contributed by atoms with van der Waals surface area (Å²) in [5.74, 6) is -1.19. The molecule has 0 aromatic heterocycles. The SMILES string of the molecule is COC(=O)C(CO)NC(=O)c1ccc(O)cc1C. The first kappa shape index (κ1) is 14.0. The van der Waals surface area contributed by atoms with Crippen molar-refractivity contribution in [2.24, 2.45) is 0 Å². The highest BCUT2D eigenvalue weighted by Crippen LogP contribution is 2.15. The van der Waals surface area contributed by atoms with Crippen LogP contribution in [0.2, 0.25) is 0 Å². The van der Waals surface area contributed by atoms with Gasteiger partial charge in [-0.05, 0) is 30.7 Å². The molecule has 1 aromatic carbocycles. The van der Waals surface area contributed by atoms with Gasteiger partial charge in [-0.15, -0.1) is 0 Å². The number of hydrogen-bond acceptors (Lipinski definition) is 5. The molecule has 0 saturated heterocycles. The van der Waals surface area contributed by atoms with Crippen LogP contribution in [0.25, 0.3) is 0 Å². The third-order valence-corrected chi connectivity index (χ3v) is 2.43. The van der Waals surface area contributed by atoms with E-state index < -0.39 is 24.5 Å². The normalized spacial score (nSPS) is 11.7. The second kappa shape index (κ2) is 6.02. The molecular weight excluding hydrogens is 238 g/mol. The Labute approximate surface area is 104 Å². The Kier molecular flexibility index (Phi) is 4.67. The van der Waals surface area contributed by atoms with Crippen LogP contribution in [0.1, 0.15) is 15.9 Å². The number of aliphatic hydroxyl groups is 1. The van der Waals surface area contributed by atoms with Crippen molar-refractivity contribution in [3.8, 4) is 5.75 Å². The number of esters is 1. The lowest BCUT2D eigenvalue weighted by molar-refractivity contribution is -0.143. The average Bonchev–Trinajstić information content (AvgIpc) is 2.34. The van der Waals surface area contributed by atoms with Crippen LogP contribution >= 0.6 is 0 Å². The summed E-state index contributed by atoms with van der Waals surface area (Å²) in [7, 11) is 1.17. The van der Waals surface area contributed by atoms with Crippen LogP contribution in [-0.4, -0.2) is 41.8 Å². The number of nitrogens with one attached hydrogen (secondary N) is 1. The van der Waals surface area contributed by atoms with Gasteiger partial charge in [0.2, 0.25) is 0 Å². The minimum absolute atomic E-state index is 0.0516. The highest BCUT2D eigenvalue weighted by Gasteiger charge is 2.21. The molecule has 98 valence electrons. The van der Waals surface area contributed by atoms with Gasteiger partial charge in [-0.25, -0.2) is 4.79 Å². The molecule has 6 heteroatoms. The molecule has 1 unspecified atom stereocenters. The Morgan fingerprint density at radius 2 is 2.11 bits per heavy atom. The van der Waals surface area contributed by atoms with Gasteiger partial charge in [-0.2, -0.15) is 0 Å². The van der Waals surface area contributed by atoms with Crippen molar-refractivity contribution in [1.29, 1.82) is 0 Å². The monoisotopic (exact) mass is 253 g/mol. The third kappa shape index (κ3) is 3.21. The minimum Gasteiger partial charge on any atom is -0.508 e. The molecule has 0 aliphatic heterocycles. The summed E-state index contributed by atoms with van der Waals surface area (Å²) in [6.45, 7) is 1.11. The summed E-state index contributed by atoms with van der Waals surface area (Å²) >= 11 is 0. The predicted molar refractivity (Wildman–Crippen MR) is 63.2 cm³/mol. The molecule has 6 nitrogen and oxygen atoms in total. The van der Waals surface area contributed by atoms with Crippen molar-refractivity contribution >= 4 is 11.9 Å². The summed E-state index contributed by atoms with van der Waals surface area (Å²) in [6.07, 6.45) is 0. The number of aryl methyl sites for hydroxylation is 1.